The first-order valence-electron chi connectivity index (χ1n) is 5.11. The standard InChI is InChI=1S/C12H12N2O/c15-12(6-7-12)10-2-4-11(5-3-10)14-9-1-8-13-14/h1-5,8-9,15H,6-7H2. The van der Waals surface area contributed by atoms with Crippen LogP contribution in [0.1, 0.15) is 18.4 Å². The Bertz CT molecular complexity index is 455. The molecule has 1 aromatic carbocycles. The lowest BCUT2D eigenvalue weighted by molar-refractivity contribution is 0.151. The normalized spacial score (nSPS) is 17.7. The maximum atomic E-state index is 9.90. The summed E-state index contributed by atoms with van der Waals surface area (Å²) in [5.74, 6) is 0. The van der Waals surface area contributed by atoms with E-state index in [1.807, 2.05) is 36.5 Å². The van der Waals surface area contributed by atoms with Crippen LogP contribution in [0.15, 0.2) is 42.7 Å². The van der Waals surface area contributed by atoms with Gasteiger partial charge in [-0.05, 0) is 36.6 Å². The van der Waals surface area contributed by atoms with Gasteiger partial charge in [0.15, 0.2) is 0 Å². The molecule has 0 unspecified atom stereocenters. The largest absolute Gasteiger partial charge is 0.385 e. The first-order valence-corrected chi connectivity index (χ1v) is 5.11. The highest BCUT2D eigenvalue weighted by Gasteiger charge is 2.41. The SMILES string of the molecule is OC1(c2ccc(-n3cccn3)cc2)CC1. The molecule has 76 valence electrons. The second-order valence-corrected chi connectivity index (χ2v) is 4.03. The predicted octanol–water partition coefficient (Wildman–Crippen LogP) is 1.85. The molecule has 0 amide bonds. The molecular formula is C12H12N2O. The Hall–Kier alpha value is -1.61. The topological polar surface area (TPSA) is 38.0 Å². The second-order valence-electron chi connectivity index (χ2n) is 4.03. The summed E-state index contributed by atoms with van der Waals surface area (Å²) in [6.45, 7) is 0. The Morgan fingerprint density at radius 1 is 1.20 bits per heavy atom. The monoisotopic (exact) mass is 200 g/mol. The quantitative estimate of drug-likeness (QED) is 0.803. The number of hydrogen-bond acceptors (Lipinski definition) is 2. The molecule has 2 aromatic rings. The molecule has 1 fully saturated rings. The van der Waals surface area contributed by atoms with Gasteiger partial charge in [-0.15, -0.1) is 0 Å². The maximum absolute atomic E-state index is 9.90. The van der Waals surface area contributed by atoms with Gasteiger partial charge in [-0.25, -0.2) is 4.68 Å². The van der Waals surface area contributed by atoms with Crippen molar-refractivity contribution in [2.24, 2.45) is 0 Å². The van der Waals surface area contributed by atoms with Gasteiger partial charge in [0.2, 0.25) is 0 Å². The summed E-state index contributed by atoms with van der Waals surface area (Å²) in [7, 11) is 0. The zero-order valence-corrected chi connectivity index (χ0v) is 8.30. The van der Waals surface area contributed by atoms with Gasteiger partial charge < -0.3 is 5.11 Å². The lowest BCUT2D eigenvalue weighted by Gasteiger charge is -2.08. The third kappa shape index (κ3) is 1.45. The van der Waals surface area contributed by atoms with Crippen molar-refractivity contribution in [1.82, 2.24) is 9.78 Å². The molecule has 1 aliphatic rings. The Labute approximate surface area is 88.0 Å². The first-order chi connectivity index (χ1) is 7.28. The summed E-state index contributed by atoms with van der Waals surface area (Å²) >= 11 is 0. The fourth-order valence-electron chi connectivity index (χ4n) is 1.75. The van der Waals surface area contributed by atoms with E-state index in [2.05, 4.69) is 5.10 Å². The second kappa shape index (κ2) is 2.94. The van der Waals surface area contributed by atoms with E-state index in [1.54, 1.807) is 10.9 Å². The number of aliphatic hydroxyl groups is 1. The molecule has 1 aromatic heterocycles. The van der Waals surface area contributed by atoms with Gasteiger partial charge in [0, 0.05) is 12.4 Å². The van der Waals surface area contributed by atoms with Crippen molar-refractivity contribution in [2.75, 3.05) is 0 Å². The van der Waals surface area contributed by atoms with Crippen LogP contribution in [-0.2, 0) is 5.60 Å². The van der Waals surface area contributed by atoms with Crippen LogP contribution >= 0.6 is 0 Å². The molecule has 0 atom stereocenters. The molecule has 0 bridgehead atoms. The van der Waals surface area contributed by atoms with Crippen LogP contribution in [0, 0.1) is 0 Å². The van der Waals surface area contributed by atoms with Gasteiger partial charge in [0.25, 0.3) is 0 Å². The average Bonchev–Trinajstić information content (AvgIpc) is 2.84. The zero-order valence-electron chi connectivity index (χ0n) is 8.30. The molecule has 0 aliphatic heterocycles. The van der Waals surface area contributed by atoms with E-state index in [0.717, 1.165) is 24.1 Å². The maximum Gasteiger partial charge on any atom is 0.0899 e. The van der Waals surface area contributed by atoms with E-state index >= 15 is 0 Å². The van der Waals surface area contributed by atoms with Crippen LogP contribution in [0.3, 0.4) is 0 Å². The molecule has 0 saturated heterocycles. The van der Waals surface area contributed by atoms with Crippen molar-refractivity contribution in [3.63, 3.8) is 0 Å². The highest BCUT2D eigenvalue weighted by Crippen LogP contribution is 2.45. The van der Waals surface area contributed by atoms with Gasteiger partial charge in [-0.2, -0.15) is 5.10 Å². The Morgan fingerprint density at radius 2 is 1.93 bits per heavy atom. The zero-order chi connectivity index (χ0) is 10.3. The third-order valence-electron chi connectivity index (χ3n) is 2.90. The molecule has 0 radical (unpaired) electrons. The number of nitrogens with zero attached hydrogens (tertiary/aromatic N) is 2. The minimum absolute atomic E-state index is 0.539. The van der Waals surface area contributed by atoms with E-state index in [9.17, 15) is 5.11 Å². The Morgan fingerprint density at radius 3 is 2.47 bits per heavy atom. The van der Waals surface area contributed by atoms with Gasteiger partial charge >= 0.3 is 0 Å². The average molecular weight is 200 g/mol. The summed E-state index contributed by atoms with van der Waals surface area (Å²) in [4.78, 5) is 0. The first kappa shape index (κ1) is 8.68. The fourth-order valence-corrected chi connectivity index (χ4v) is 1.75. The minimum Gasteiger partial charge on any atom is -0.385 e. The molecule has 1 aliphatic carbocycles. The summed E-state index contributed by atoms with van der Waals surface area (Å²) in [5, 5.41) is 14.0. The van der Waals surface area contributed by atoms with Gasteiger partial charge in [-0.1, -0.05) is 12.1 Å². The van der Waals surface area contributed by atoms with E-state index in [4.69, 9.17) is 0 Å². The number of benzene rings is 1. The lowest BCUT2D eigenvalue weighted by Crippen LogP contribution is -2.04. The van der Waals surface area contributed by atoms with Crippen molar-refractivity contribution < 1.29 is 5.11 Å². The van der Waals surface area contributed by atoms with Crippen LogP contribution in [0.5, 0.6) is 0 Å². The third-order valence-corrected chi connectivity index (χ3v) is 2.90. The van der Waals surface area contributed by atoms with Crippen LogP contribution in [0.25, 0.3) is 5.69 Å². The van der Waals surface area contributed by atoms with Crippen molar-refractivity contribution in [2.45, 2.75) is 18.4 Å². The molecule has 1 saturated carbocycles. The summed E-state index contributed by atoms with van der Waals surface area (Å²) < 4.78 is 1.81. The molecule has 0 spiro atoms. The van der Waals surface area contributed by atoms with Gasteiger partial charge in [0.1, 0.15) is 0 Å². The summed E-state index contributed by atoms with van der Waals surface area (Å²) in [6.07, 6.45) is 5.42. The smallest absolute Gasteiger partial charge is 0.0899 e. The molecule has 15 heavy (non-hydrogen) atoms. The van der Waals surface area contributed by atoms with Gasteiger partial charge in [0.05, 0.1) is 11.3 Å². The van der Waals surface area contributed by atoms with Crippen molar-refractivity contribution in [3.05, 3.63) is 48.3 Å². The summed E-state index contributed by atoms with van der Waals surface area (Å²) in [6, 6.07) is 9.81. The van der Waals surface area contributed by atoms with Crippen LogP contribution < -0.4 is 0 Å². The van der Waals surface area contributed by atoms with E-state index in [1.165, 1.54) is 0 Å². The number of rotatable bonds is 2. The highest BCUT2D eigenvalue weighted by molar-refractivity contribution is 5.37. The van der Waals surface area contributed by atoms with Crippen molar-refractivity contribution in [1.29, 1.82) is 0 Å². The minimum atomic E-state index is -0.539. The van der Waals surface area contributed by atoms with E-state index in [0.29, 0.717) is 0 Å². The fraction of sp³-hybridized carbons (Fsp3) is 0.250. The van der Waals surface area contributed by atoms with Crippen LogP contribution in [0.2, 0.25) is 0 Å². The van der Waals surface area contributed by atoms with Crippen molar-refractivity contribution in [3.8, 4) is 5.69 Å². The predicted molar refractivity (Wildman–Crippen MR) is 56.7 cm³/mol. The van der Waals surface area contributed by atoms with E-state index < -0.39 is 5.60 Å². The molecule has 3 rings (SSSR count). The van der Waals surface area contributed by atoms with Crippen LogP contribution in [0.4, 0.5) is 0 Å². The van der Waals surface area contributed by atoms with Gasteiger partial charge in [-0.3, -0.25) is 0 Å². The highest BCUT2D eigenvalue weighted by atomic mass is 16.3. The molecule has 1 N–H and O–H groups in total. The summed E-state index contributed by atoms with van der Waals surface area (Å²) in [5.41, 5.74) is 1.49. The van der Waals surface area contributed by atoms with Crippen molar-refractivity contribution >= 4 is 0 Å². The molecule has 3 nitrogen and oxygen atoms in total. The Kier molecular flexibility index (Phi) is 1.70. The lowest BCUT2D eigenvalue weighted by atomic mass is 10.1. The number of hydrogen-bond donors (Lipinski definition) is 1. The van der Waals surface area contributed by atoms with Crippen LogP contribution in [-0.4, -0.2) is 14.9 Å². The molecule has 1 heterocycles. The molecule has 3 heteroatoms. The van der Waals surface area contributed by atoms with E-state index in [-0.39, 0.29) is 0 Å². The molecular weight excluding hydrogens is 188 g/mol. The number of aromatic nitrogens is 2. The Balaban J connectivity index is 1.94.